The summed E-state index contributed by atoms with van der Waals surface area (Å²) in [5.74, 6) is 0. The highest BCUT2D eigenvalue weighted by atomic mass is 32.1. The number of nitrogens with zero attached hydrogens (tertiary/aromatic N) is 1. The van der Waals surface area contributed by atoms with Crippen molar-refractivity contribution in [3.8, 4) is 55.6 Å². The average Bonchev–Trinajstić information content (AvgIpc) is 3.81. The molecule has 68 heavy (non-hydrogen) atoms. The summed E-state index contributed by atoms with van der Waals surface area (Å²) >= 11 is 1.86. The number of hydrogen-bond acceptors (Lipinski definition) is 2. The van der Waals surface area contributed by atoms with Gasteiger partial charge in [0.15, 0.2) is 0 Å². The summed E-state index contributed by atoms with van der Waals surface area (Å²) in [5, 5.41) is 10.1. The van der Waals surface area contributed by atoms with Crippen LogP contribution in [0.5, 0.6) is 0 Å². The standard InChI is InChI=1S/C66H43NS/c1-3-16-49(17-4-1)64-58-23-10-9-22-56(58)57-42-37-51(43-60(57)65(64)50-18-5-2-6-19-50)46-35-40-53(41-36-46)67(61-26-14-28-63-66(61)59-24-11-12-27-62(59)68-63)52-38-33-45(34-39-52)44-29-31-48(32-30-44)55-25-13-20-47-15-7-8-21-54(47)55/h1-43H. The highest BCUT2D eigenvalue weighted by molar-refractivity contribution is 7.26. The lowest BCUT2D eigenvalue weighted by Gasteiger charge is -2.27. The van der Waals surface area contributed by atoms with Crippen molar-refractivity contribution in [1.82, 2.24) is 0 Å². The van der Waals surface area contributed by atoms with Crippen molar-refractivity contribution in [2.24, 2.45) is 0 Å². The molecule has 0 saturated carbocycles. The highest BCUT2D eigenvalue weighted by Crippen LogP contribution is 2.48. The molecule has 0 aliphatic carbocycles. The van der Waals surface area contributed by atoms with Gasteiger partial charge in [0.25, 0.3) is 0 Å². The van der Waals surface area contributed by atoms with Crippen LogP contribution in [0.1, 0.15) is 0 Å². The molecule has 0 spiro atoms. The predicted octanol–water partition coefficient (Wildman–Crippen LogP) is 19.3. The summed E-state index contributed by atoms with van der Waals surface area (Å²) in [6.07, 6.45) is 0. The third-order valence-corrected chi connectivity index (χ3v) is 14.8. The minimum atomic E-state index is 1.10. The van der Waals surface area contributed by atoms with Crippen LogP contribution in [0.4, 0.5) is 17.1 Å². The van der Waals surface area contributed by atoms with Crippen LogP contribution in [-0.2, 0) is 0 Å². The number of anilines is 3. The third-order valence-electron chi connectivity index (χ3n) is 13.7. The summed E-state index contributed by atoms with van der Waals surface area (Å²) in [4.78, 5) is 2.44. The lowest BCUT2D eigenvalue weighted by molar-refractivity contribution is 1.30. The molecule has 0 saturated heterocycles. The maximum Gasteiger partial charge on any atom is 0.0554 e. The Morgan fingerprint density at radius 1 is 0.265 bits per heavy atom. The molecule has 318 valence electrons. The first-order valence-electron chi connectivity index (χ1n) is 23.3. The minimum Gasteiger partial charge on any atom is -0.310 e. The Bertz CT molecular complexity index is 3980. The normalized spacial score (nSPS) is 11.5. The van der Waals surface area contributed by atoms with Crippen molar-refractivity contribution in [2.45, 2.75) is 0 Å². The second kappa shape index (κ2) is 16.7. The fraction of sp³-hybridized carbons (Fsp3) is 0. The Morgan fingerprint density at radius 3 is 1.43 bits per heavy atom. The van der Waals surface area contributed by atoms with Crippen molar-refractivity contribution >= 4 is 80.9 Å². The van der Waals surface area contributed by atoms with Gasteiger partial charge in [0.2, 0.25) is 0 Å². The molecule has 0 unspecified atom stereocenters. The van der Waals surface area contributed by atoms with Gasteiger partial charge >= 0.3 is 0 Å². The molecule has 12 aromatic carbocycles. The van der Waals surface area contributed by atoms with Crippen LogP contribution in [0.25, 0.3) is 108 Å². The van der Waals surface area contributed by atoms with Gasteiger partial charge in [-0.15, -0.1) is 11.3 Å². The van der Waals surface area contributed by atoms with Gasteiger partial charge in [-0.25, -0.2) is 0 Å². The second-order valence-corrected chi connectivity index (χ2v) is 18.7. The molecular formula is C66H43NS. The van der Waals surface area contributed by atoms with Gasteiger partial charge in [-0.3, -0.25) is 0 Å². The summed E-state index contributed by atoms with van der Waals surface area (Å²) < 4.78 is 2.57. The van der Waals surface area contributed by atoms with Gasteiger partial charge in [0, 0.05) is 31.5 Å². The van der Waals surface area contributed by atoms with E-state index >= 15 is 0 Å². The molecule has 2 heteroatoms. The van der Waals surface area contributed by atoms with E-state index in [0.29, 0.717) is 0 Å². The van der Waals surface area contributed by atoms with Crippen LogP contribution < -0.4 is 4.90 Å². The van der Waals surface area contributed by atoms with E-state index in [1.54, 1.807) is 0 Å². The number of fused-ring (bicyclic) bond motifs is 7. The van der Waals surface area contributed by atoms with Gasteiger partial charge in [-0.1, -0.05) is 212 Å². The van der Waals surface area contributed by atoms with Crippen molar-refractivity contribution in [3.05, 3.63) is 261 Å². The van der Waals surface area contributed by atoms with E-state index in [-0.39, 0.29) is 0 Å². The van der Waals surface area contributed by atoms with Crippen molar-refractivity contribution < 1.29 is 0 Å². The van der Waals surface area contributed by atoms with Crippen LogP contribution in [0.3, 0.4) is 0 Å². The average molecular weight is 882 g/mol. The molecule has 0 atom stereocenters. The molecule has 0 fully saturated rings. The predicted molar refractivity (Wildman–Crippen MR) is 294 cm³/mol. The largest absolute Gasteiger partial charge is 0.310 e. The molecule has 0 aliphatic heterocycles. The van der Waals surface area contributed by atoms with E-state index in [1.807, 2.05) is 11.3 Å². The molecule has 0 bridgehead atoms. The summed E-state index contributed by atoms with van der Waals surface area (Å²) in [6, 6.07) is 95.7. The first-order chi connectivity index (χ1) is 33.7. The highest BCUT2D eigenvalue weighted by Gasteiger charge is 2.21. The van der Waals surface area contributed by atoms with Gasteiger partial charge < -0.3 is 4.90 Å². The van der Waals surface area contributed by atoms with Crippen molar-refractivity contribution in [1.29, 1.82) is 0 Å². The quantitative estimate of drug-likeness (QED) is 0.137. The van der Waals surface area contributed by atoms with Gasteiger partial charge in [-0.2, -0.15) is 0 Å². The Labute approximate surface area is 400 Å². The molecule has 1 nitrogen and oxygen atoms in total. The zero-order valence-electron chi connectivity index (χ0n) is 37.2. The Kier molecular flexibility index (Phi) is 9.77. The lowest BCUT2D eigenvalue weighted by atomic mass is 9.84. The van der Waals surface area contributed by atoms with Crippen LogP contribution in [-0.4, -0.2) is 0 Å². The summed E-state index contributed by atoms with van der Waals surface area (Å²) in [5.41, 5.74) is 15.5. The minimum absolute atomic E-state index is 1.10. The molecule has 0 N–H and O–H groups in total. The summed E-state index contributed by atoms with van der Waals surface area (Å²) in [6.45, 7) is 0. The van der Waals surface area contributed by atoms with Crippen LogP contribution in [0, 0.1) is 0 Å². The maximum absolute atomic E-state index is 2.44. The molecule has 0 aliphatic rings. The Morgan fingerprint density at radius 2 is 0.735 bits per heavy atom. The van der Waals surface area contributed by atoms with Gasteiger partial charge in [0.1, 0.15) is 0 Å². The fourth-order valence-electron chi connectivity index (χ4n) is 10.5. The second-order valence-electron chi connectivity index (χ2n) is 17.6. The molecule has 13 rings (SSSR count). The smallest absolute Gasteiger partial charge is 0.0554 e. The lowest BCUT2D eigenvalue weighted by Crippen LogP contribution is -2.10. The van der Waals surface area contributed by atoms with Crippen molar-refractivity contribution in [2.75, 3.05) is 4.90 Å². The molecule has 0 radical (unpaired) electrons. The van der Waals surface area contributed by atoms with Crippen LogP contribution >= 0.6 is 11.3 Å². The van der Waals surface area contributed by atoms with Crippen LogP contribution in [0.2, 0.25) is 0 Å². The molecule has 0 amide bonds. The number of thiophene rings is 1. The number of benzene rings is 12. The monoisotopic (exact) mass is 881 g/mol. The van der Waals surface area contributed by atoms with Crippen LogP contribution in [0.15, 0.2) is 261 Å². The van der Waals surface area contributed by atoms with E-state index in [2.05, 4.69) is 266 Å². The number of hydrogen-bond donors (Lipinski definition) is 0. The SMILES string of the molecule is c1ccc(-c2c(-c3ccccc3)c3cc(-c4ccc(N(c5ccc(-c6ccc(-c7cccc8ccccc78)cc6)cc5)c5cccc6sc7ccccc7c56)cc4)ccc3c3ccccc23)cc1. The Hall–Kier alpha value is -8.56. The van der Waals surface area contributed by atoms with Gasteiger partial charge in [-0.05, 0) is 136 Å². The zero-order valence-corrected chi connectivity index (χ0v) is 38.0. The first kappa shape index (κ1) is 39.8. The van der Waals surface area contributed by atoms with E-state index in [0.717, 1.165) is 11.4 Å². The fourth-order valence-corrected chi connectivity index (χ4v) is 11.6. The van der Waals surface area contributed by atoms with E-state index in [1.165, 1.54) is 114 Å². The van der Waals surface area contributed by atoms with E-state index in [9.17, 15) is 0 Å². The van der Waals surface area contributed by atoms with E-state index < -0.39 is 0 Å². The molecular weight excluding hydrogens is 839 g/mol. The third kappa shape index (κ3) is 6.85. The molecule has 1 heterocycles. The van der Waals surface area contributed by atoms with Crippen molar-refractivity contribution in [3.63, 3.8) is 0 Å². The van der Waals surface area contributed by atoms with E-state index in [4.69, 9.17) is 0 Å². The molecule has 1 aromatic heterocycles. The maximum atomic E-state index is 2.44. The Balaban J connectivity index is 0.920. The summed E-state index contributed by atoms with van der Waals surface area (Å²) in [7, 11) is 0. The molecule has 13 aromatic rings. The number of rotatable bonds is 8. The first-order valence-corrected chi connectivity index (χ1v) is 24.1. The zero-order chi connectivity index (χ0) is 45.0. The van der Waals surface area contributed by atoms with Gasteiger partial charge in [0.05, 0.1) is 5.69 Å². The topological polar surface area (TPSA) is 3.24 Å².